The van der Waals surface area contributed by atoms with E-state index < -0.39 is 0 Å². The van der Waals surface area contributed by atoms with Crippen LogP contribution in [0.15, 0.2) is 20.8 Å². The Morgan fingerprint density at radius 2 is 2.33 bits per heavy atom. The second kappa shape index (κ2) is 3.12. The Labute approximate surface area is 94.3 Å². The molecule has 62 valence electrons. The molecule has 2 rings (SSSR count). The van der Waals surface area contributed by atoms with Gasteiger partial charge in [-0.15, -0.1) is 11.3 Å². The van der Waals surface area contributed by atoms with Crippen molar-refractivity contribution in [1.82, 2.24) is 4.98 Å². The van der Waals surface area contributed by atoms with E-state index in [9.17, 15) is 4.79 Å². The zero-order valence-corrected chi connectivity index (χ0v) is 10.3. The smallest absolute Gasteiger partial charge is 0.257 e. The van der Waals surface area contributed by atoms with E-state index in [1.807, 2.05) is 5.38 Å². The Balaban J connectivity index is 3.09. The predicted molar refractivity (Wildman–Crippen MR) is 62.9 cm³/mol. The Hall–Kier alpha value is 0.120. The molecule has 0 atom stereocenters. The third-order valence-corrected chi connectivity index (χ3v) is 4.68. The number of halogens is 2. The molecule has 0 unspecified atom stereocenters. The van der Waals surface area contributed by atoms with E-state index in [1.165, 1.54) is 0 Å². The Bertz CT molecular complexity index is 490. The van der Waals surface area contributed by atoms with Gasteiger partial charge in [0, 0.05) is 19.6 Å². The van der Waals surface area contributed by atoms with E-state index in [0.717, 1.165) is 18.1 Å². The third-order valence-electron chi connectivity index (χ3n) is 1.52. The largest absolute Gasteiger partial charge is 0.327 e. The maximum atomic E-state index is 11.3. The van der Waals surface area contributed by atoms with E-state index in [2.05, 4.69) is 43.5 Å². The van der Waals surface area contributed by atoms with Gasteiger partial charge >= 0.3 is 0 Å². The summed E-state index contributed by atoms with van der Waals surface area (Å²) in [7, 11) is 0. The number of aromatic nitrogens is 1. The molecule has 0 bridgehead atoms. The van der Waals surface area contributed by atoms with Crippen LogP contribution in [-0.2, 0) is 0 Å². The van der Waals surface area contributed by atoms with Gasteiger partial charge in [0.05, 0.1) is 10.1 Å². The second-order valence-corrected chi connectivity index (χ2v) is 5.15. The summed E-state index contributed by atoms with van der Waals surface area (Å²) in [5.41, 5.74) is -0.0291. The van der Waals surface area contributed by atoms with Gasteiger partial charge in [-0.1, -0.05) is 0 Å². The fourth-order valence-electron chi connectivity index (χ4n) is 0.991. The summed E-state index contributed by atoms with van der Waals surface area (Å²) in [4.78, 5) is 14.0. The zero-order valence-electron chi connectivity index (χ0n) is 5.73. The molecule has 0 fully saturated rings. The van der Waals surface area contributed by atoms with Crippen molar-refractivity contribution in [2.24, 2.45) is 0 Å². The molecule has 2 nitrogen and oxygen atoms in total. The van der Waals surface area contributed by atoms with Gasteiger partial charge in [0.1, 0.15) is 0 Å². The van der Waals surface area contributed by atoms with E-state index in [1.54, 1.807) is 17.5 Å². The molecule has 5 heteroatoms. The van der Waals surface area contributed by atoms with Gasteiger partial charge in [-0.2, -0.15) is 0 Å². The average Bonchev–Trinajstić information content (AvgIpc) is 2.42. The minimum absolute atomic E-state index is 0.0291. The molecule has 0 aliphatic rings. The topological polar surface area (TPSA) is 32.9 Å². The van der Waals surface area contributed by atoms with Crippen LogP contribution in [0.5, 0.6) is 0 Å². The van der Waals surface area contributed by atoms with Gasteiger partial charge in [-0.05, 0) is 38.5 Å². The van der Waals surface area contributed by atoms with Crippen molar-refractivity contribution in [3.05, 3.63) is 30.0 Å². The first-order valence-electron chi connectivity index (χ1n) is 3.14. The lowest BCUT2D eigenvalue weighted by Crippen LogP contribution is -2.04. The van der Waals surface area contributed by atoms with Crippen LogP contribution in [0.4, 0.5) is 0 Å². The molecular weight excluding hydrogens is 353 g/mol. The monoisotopic (exact) mass is 355 g/mol. The van der Waals surface area contributed by atoms with Crippen molar-refractivity contribution in [2.45, 2.75) is 0 Å². The number of thiophene rings is 1. The number of pyridine rings is 1. The summed E-state index contributed by atoms with van der Waals surface area (Å²) in [6.07, 6.45) is 1.73. The molecule has 1 N–H and O–H groups in total. The van der Waals surface area contributed by atoms with Gasteiger partial charge in [0.25, 0.3) is 5.56 Å². The molecule has 0 aromatic carbocycles. The van der Waals surface area contributed by atoms with Crippen LogP contribution < -0.4 is 5.56 Å². The maximum absolute atomic E-state index is 11.3. The number of aromatic amines is 1. The quantitative estimate of drug-likeness (QED) is 0.724. The Kier molecular flexibility index (Phi) is 2.26. The van der Waals surface area contributed by atoms with Crippen molar-refractivity contribution in [3.63, 3.8) is 0 Å². The maximum Gasteiger partial charge on any atom is 0.257 e. The SMILES string of the molecule is O=c1[nH]cc(I)c2scc(Br)c12. The molecule has 2 aromatic rings. The van der Waals surface area contributed by atoms with Crippen LogP contribution in [0.25, 0.3) is 10.1 Å². The molecule has 2 heterocycles. The molecule has 2 aromatic heterocycles. The molecule has 0 amide bonds. The summed E-state index contributed by atoms with van der Waals surface area (Å²) in [6, 6.07) is 0. The van der Waals surface area contributed by atoms with E-state index in [4.69, 9.17) is 0 Å². The zero-order chi connectivity index (χ0) is 8.72. The number of hydrogen-bond donors (Lipinski definition) is 1. The first-order valence-corrected chi connectivity index (χ1v) is 5.89. The van der Waals surface area contributed by atoms with Crippen molar-refractivity contribution >= 4 is 59.9 Å². The van der Waals surface area contributed by atoms with Crippen LogP contribution in [-0.4, -0.2) is 4.98 Å². The number of rotatable bonds is 0. The number of nitrogens with one attached hydrogen (secondary N) is 1. The summed E-state index contributed by atoms with van der Waals surface area (Å²) in [5.74, 6) is 0. The number of hydrogen-bond acceptors (Lipinski definition) is 2. The molecule has 12 heavy (non-hydrogen) atoms. The van der Waals surface area contributed by atoms with Crippen LogP contribution in [0, 0.1) is 3.57 Å². The van der Waals surface area contributed by atoms with E-state index >= 15 is 0 Å². The van der Waals surface area contributed by atoms with E-state index in [0.29, 0.717) is 0 Å². The van der Waals surface area contributed by atoms with Crippen LogP contribution >= 0.6 is 49.9 Å². The van der Waals surface area contributed by atoms with Crippen molar-refractivity contribution in [1.29, 1.82) is 0 Å². The van der Waals surface area contributed by atoms with Crippen LogP contribution in [0.1, 0.15) is 0 Å². The van der Waals surface area contributed by atoms with Crippen molar-refractivity contribution < 1.29 is 0 Å². The summed E-state index contributed by atoms with van der Waals surface area (Å²) >= 11 is 7.13. The van der Waals surface area contributed by atoms with Crippen LogP contribution in [0.2, 0.25) is 0 Å². The Morgan fingerprint density at radius 1 is 1.58 bits per heavy atom. The summed E-state index contributed by atoms with van der Waals surface area (Å²) in [6.45, 7) is 0. The second-order valence-electron chi connectivity index (χ2n) is 2.25. The third kappa shape index (κ3) is 1.23. The fourth-order valence-corrected chi connectivity index (χ4v) is 3.42. The minimum Gasteiger partial charge on any atom is -0.327 e. The highest BCUT2D eigenvalue weighted by molar-refractivity contribution is 14.1. The lowest BCUT2D eigenvalue weighted by molar-refractivity contribution is 1.27. The van der Waals surface area contributed by atoms with Gasteiger partial charge in [0.15, 0.2) is 0 Å². The minimum atomic E-state index is -0.0291. The molecule has 0 aliphatic heterocycles. The lowest BCUT2D eigenvalue weighted by Gasteiger charge is -1.91. The van der Waals surface area contributed by atoms with Crippen molar-refractivity contribution in [2.75, 3.05) is 0 Å². The molecule has 0 spiro atoms. The lowest BCUT2D eigenvalue weighted by atomic mass is 10.3. The Morgan fingerprint density at radius 3 is 3.00 bits per heavy atom. The standard InChI is InChI=1S/C7H3BrINOS/c8-3-2-12-6-4(9)1-10-7(11)5(3)6/h1-2H,(H,10,11). The average molecular weight is 356 g/mol. The number of H-pyrrole nitrogens is 1. The highest BCUT2D eigenvalue weighted by atomic mass is 127. The molecule has 0 aliphatic carbocycles. The van der Waals surface area contributed by atoms with Gasteiger partial charge in [-0.3, -0.25) is 4.79 Å². The van der Waals surface area contributed by atoms with Crippen LogP contribution in [0.3, 0.4) is 0 Å². The first-order chi connectivity index (χ1) is 5.70. The predicted octanol–water partition coefficient (Wildman–Crippen LogP) is 2.96. The first kappa shape index (κ1) is 8.71. The summed E-state index contributed by atoms with van der Waals surface area (Å²) in [5, 5.41) is 2.69. The summed E-state index contributed by atoms with van der Waals surface area (Å²) < 4.78 is 3.01. The molecule has 0 saturated carbocycles. The van der Waals surface area contributed by atoms with E-state index in [-0.39, 0.29) is 5.56 Å². The molecule has 0 saturated heterocycles. The van der Waals surface area contributed by atoms with Gasteiger partial charge < -0.3 is 4.98 Å². The van der Waals surface area contributed by atoms with Crippen molar-refractivity contribution in [3.8, 4) is 0 Å². The van der Waals surface area contributed by atoms with Gasteiger partial charge in [0.2, 0.25) is 0 Å². The van der Waals surface area contributed by atoms with Gasteiger partial charge in [-0.25, -0.2) is 0 Å². The highest BCUT2D eigenvalue weighted by Gasteiger charge is 2.07. The normalized spacial score (nSPS) is 10.8. The highest BCUT2D eigenvalue weighted by Crippen LogP contribution is 2.30. The molecule has 0 radical (unpaired) electrons. The fraction of sp³-hybridized carbons (Fsp3) is 0. The molecular formula is C7H3BrINOS. The number of fused-ring (bicyclic) bond motifs is 1.